The Morgan fingerprint density at radius 3 is 2.58 bits per heavy atom. The third-order valence-electron chi connectivity index (χ3n) is 8.13. The van der Waals surface area contributed by atoms with Crippen molar-refractivity contribution in [3.63, 3.8) is 0 Å². The van der Waals surface area contributed by atoms with Gasteiger partial charge in [0.05, 0.1) is 25.9 Å². The molecule has 3 atom stereocenters. The predicted octanol–water partition coefficient (Wildman–Crippen LogP) is 4.01. The smallest absolute Gasteiger partial charge is 0.436 e. The molecule has 33 heavy (non-hydrogen) atoms. The van der Waals surface area contributed by atoms with E-state index < -0.39 is 6.16 Å². The number of hydrogen-bond acceptors (Lipinski definition) is 6. The highest BCUT2D eigenvalue weighted by molar-refractivity contribution is 5.94. The van der Waals surface area contributed by atoms with Crippen LogP contribution in [0.25, 0.3) is 11.4 Å². The lowest BCUT2D eigenvalue weighted by Crippen LogP contribution is -2.52. The predicted molar refractivity (Wildman–Crippen MR) is 122 cm³/mol. The minimum atomic E-state index is -0.770. The zero-order valence-corrected chi connectivity index (χ0v) is 19.8. The summed E-state index contributed by atoms with van der Waals surface area (Å²) in [6.07, 6.45) is 2.76. The molecule has 3 unspecified atom stereocenters. The first-order valence-corrected chi connectivity index (χ1v) is 11.7. The third-order valence-corrected chi connectivity index (χ3v) is 8.13. The number of methoxy groups -OCH3 is 1. The van der Waals surface area contributed by atoms with E-state index in [4.69, 9.17) is 9.82 Å². The minimum Gasteiger partial charge on any atom is -0.436 e. The highest BCUT2D eigenvalue weighted by Crippen LogP contribution is 2.62. The fourth-order valence-electron chi connectivity index (χ4n) is 6.42. The number of carbonyl (C=O) groups is 2. The molecule has 2 aliphatic carbocycles. The first-order chi connectivity index (χ1) is 15.7. The van der Waals surface area contributed by atoms with Crippen molar-refractivity contribution >= 4 is 12.1 Å². The summed E-state index contributed by atoms with van der Waals surface area (Å²) in [6.45, 7) is 8.15. The number of aromatic nitrogens is 2. The average Bonchev–Trinajstić information content (AvgIpc) is 3.44. The lowest BCUT2D eigenvalue weighted by Gasteiger charge is -2.43. The topological polar surface area (TPSA) is 85.7 Å². The van der Waals surface area contributed by atoms with Gasteiger partial charge in [-0.1, -0.05) is 51.1 Å². The van der Waals surface area contributed by atoms with Gasteiger partial charge in [0.25, 0.3) is 5.91 Å². The van der Waals surface area contributed by atoms with E-state index in [9.17, 15) is 9.59 Å². The van der Waals surface area contributed by atoms with E-state index in [0.29, 0.717) is 24.7 Å². The van der Waals surface area contributed by atoms with Gasteiger partial charge in [0, 0.05) is 18.2 Å². The van der Waals surface area contributed by atoms with E-state index in [-0.39, 0.29) is 29.3 Å². The van der Waals surface area contributed by atoms with Crippen molar-refractivity contribution in [1.29, 1.82) is 0 Å². The Morgan fingerprint density at radius 1 is 1.15 bits per heavy atom. The van der Waals surface area contributed by atoms with Crippen molar-refractivity contribution in [2.75, 3.05) is 13.7 Å². The zero-order chi connectivity index (χ0) is 23.4. The van der Waals surface area contributed by atoms with Gasteiger partial charge in [-0.15, -0.1) is 5.06 Å². The summed E-state index contributed by atoms with van der Waals surface area (Å²) >= 11 is 0. The molecule has 1 aromatic carbocycles. The number of ether oxygens (including phenoxy) is 1. The minimum absolute atomic E-state index is 0.0464. The van der Waals surface area contributed by atoms with Gasteiger partial charge in [0.15, 0.2) is 5.69 Å². The van der Waals surface area contributed by atoms with Crippen LogP contribution in [0.3, 0.4) is 0 Å². The summed E-state index contributed by atoms with van der Waals surface area (Å²) in [6, 6.07) is 9.97. The van der Waals surface area contributed by atoms with Gasteiger partial charge in [-0.3, -0.25) is 4.79 Å². The Hall–Kier alpha value is -2.87. The van der Waals surface area contributed by atoms with E-state index in [0.717, 1.165) is 29.9 Å². The second kappa shape index (κ2) is 7.87. The third kappa shape index (κ3) is 3.60. The maximum Gasteiger partial charge on any atom is 0.527 e. The molecule has 2 heterocycles. The van der Waals surface area contributed by atoms with E-state index >= 15 is 0 Å². The molecule has 5 rings (SSSR count). The number of imidazole rings is 1. The van der Waals surface area contributed by atoms with Gasteiger partial charge >= 0.3 is 6.16 Å². The summed E-state index contributed by atoms with van der Waals surface area (Å²) in [5.41, 5.74) is 2.26. The molecule has 2 saturated carbocycles. The zero-order valence-electron chi connectivity index (χ0n) is 19.8. The fourth-order valence-corrected chi connectivity index (χ4v) is 6.42. The van der Waals surface area contributed by atoms with E-state index in [1.54, 1.807) is 0 Å². The molecule has 0 radical (unpaired) electrons. The van der Waals surface area contributed by atoms with Crippen molar-refractivity contribution in [1.82, 2.24) is 19.9 Å². The number of fused-ring (bicyclic) bond motifs is 3. The van der Waals surface area contributed by atoms with Crippen LogP contribution in [0.5, 0.6) is 0 Å². The Morgan fingerprint density at radius 2 is 1.91 bits per heavy atom. The van der Waals surface area contributed by atoms with Gasteiger partial charge in [-0.05, 0) is 36.0 Å². The molecule has 3 aliphatic rings. The standard InChI is InChI=1S/C25H32N4O4/c1-24(2)17-10-11-25(3,14-17)22(24)27-21(30)19-18-15-28(33-23(31)32-4)12-13-29(18)20(26-19)16-8-6-5-7-9-16/h5-9,17,22H,10-15H2,1-4H3,(H,27,30). The number of amides is 1. The molecule has 2 bridgehead atoms. The monoisotopic (exact) mass is 452 g/mol. The molecule has 0 saturated heterocycles. The molecule has 2 fully saturated rings. The van der Waals surface area contributed by atoms with Crippen molar-refractivity contribution < 1.29 is 19.2 Å². The summed E-state index contributed by atoms with van der Waals surface area (Å²) in [4.78, 5) is 35.4. The van der Waals surface area contributed by atoms with Gasteiger partial charge in [0.2, 0.25) is 0 Å². The largest absolute Gasteiger partial charge is 0.527 e. The summed E-state index contributed by atoms with van der Waals surface area (Å²) in [5.74, 6) is 1.23. The number of rotatable bonds is 4. The quantitative estimate of drug-likeness (QED) is 0.706. The van der Waals surface area contributed by atoms with Crippen LogP contribution >= 0.6 is 0 Å². The van der Waals surface area contributed by atoms with Crippen LogP contribution in [0.2, 0.25) is 0 Å². The summed E-state index contributed by atoms with van der Waals surface area (Å²) in [5, 5.41) is 4.90. The molecule has 1 aromatic heterocycles. The SMILES string of the molecule is COC(=O)ON1CCn2c(-c3ccccc3)nc(C(=O)NC3C4(C)CCC(C4)C3(C)C)c2C1. The van der Waals surface area contributed by atoms with Crippen molar-refractivity contribution in [2.24, 2.45) is 16.7 Å². The first kappa shape index (κ1) is 21.9. The van der Waals surface area contributed by atoms with E-state index in [1.807, 2.05) is 30.3 Å². The number of nitrogens with one attached hydrogen (secondary N) is 1. The maximum atomic E-state index is 13.7. The van der Waals surface area contributed by atoms with Crippen LogP contribution in [-0.2, 0) is 22.7 Å². The second-order valence-corrected chi connectivity index (χ2v) is 10.5. The molecule has 1 aliphatic heterocycles. The Kier molecular flexibility index (Phi) is 5.23. The molecule has 176 valence electrons. The highest BCUT2D eigenvalue weighted by atomic mass is 16.8. The van der Waals surface area contributed by atoms with Crippen LogP contribution in [0.4, 0.5) is 4.79 Å². The lowest BCUT2D eigenvalue weighted by atomic mass is 9.68. The number of nitrogens with zero attached hydrogens (tertiary/aromatic N) is 3. The van der Waals surface area contributed by atoms with Crippen LogP contribution in [0, 0.1) is 16.7 Å². The van der Waals surface area contributed by atoms with E-state index in [1.165, 1.54) is 18.6 Å². The van der Waals surface area contributed by atoms with Crippen LogP contribution in [-0.4, -0.2) is 46.4 Å². The van der Waals surface area contributed by atoms with Crippen molar-refractivity contribution in [3.05, 3.63) is 41.7 Å². The molecular formula is C25H32N4O4. The van der Waals surface area contributed by atoms with Gasteiger partial charge in [-0.2, -0.15) is 0 Å². The van der Waals surface area contributed by atoms with Gasteiger partial charge < -0.3 is 19.5 Å². The number of benzene rings is 1. The Bertz CT molecular complexity index is 1070. The van der Waals surface area contributed by atoms with Crippen LogP contribution in [0.1, 0.15) is 56.2 Å². The summed E-state index contributed by atoms with van der Waals surface area (Å²) in [7, 11) is 1.28. The molecule has 1 N–H and O–H groups in total. The molecule has 8 nitrogen and oxygen atoms in total. The lowest BCUT2D eigenvalue weighted by molar-refractivity contribution is -0.139. The van der Waals surface area contributed by atoms with Crippen molar-refractivity contribution in [2.45, 2.75) is 59.2 Å². The Balaban J connectivity index is 1.48. The first-order valence-electron chi connectivity index (χ1n) is 11.7. The van der Waals surface area contributed by atoms with Gasteiger partial charge in [0.1, 0.15) is 5.82 Å². The molecule has 1 amide bonds. The maximum absolute atomic E-state index is 13.7. The fraction of sp³-hybridized carbons (Fsp3) is 0.560. The van der Waals surface area contributed by atoms with Crippen LogP contribution < -0.4 is 5.32 Å². The summed E-state index contributed by atoms with van der Waals surface area (Å²) < 4.78 is 6.70. The molecule has 0 spiro atoms. The number of hydrogen-bond donors (Lipinski definition) is 1. The Labute approximate surface area is 194 Å². The van der Waals surface area contributed by atoms with Gasteiger partial charge in [-0.25, -0.2) is 9.78 Å². The van der Waals surface area contributed by atoms with Crippen LogP contribution in [0.15, 0.2) is 30.3 Å². The number of hydroxylamine groups is 2. The molecule has 8 heteroatoms. The number of carbonyl (C=O) groups excluding carboxylic acids is 2. The second-order valence-electron chi connectivity index (χ2n) is 10.5. The normalized spacial score (nSPS) is 27.8. The van der Waals surface area contributed by atoms with E-state index in [2.05, 4.69) is 35.4 Å². The average molecular weight is 453 g/mol. The van der Waals surface area contributed by atoms with Crippen molar-refractivity contribution in [3.8, 4) is 11.4 Å². The molecule has 2 aromatic rings. The highest BCUT2D eigenvalue weighted by Gasteiger charge is 2.59. The molecular weight excluding hydrogens is 420 g/mol.